The Morgan fingerprint density at radius 2 is 0.852 bits per heavy atom. The van der Waals surface area contributed by atoms with E-state index >= 15 is 0 Å². The van der Waals surface area contributed by atoms with Crippen molar-refractivity contribution in [3.05, 3.63) is 0 Å². The third kappa shape index (κ3) is 3.64. The largest absolute Gasteiger partial charge is 0.460 e. The van der Waals surface area contributed by atoms with Gasteiger partial charge in [-0.1, -0.05) is 6.92 Å². The van der Waals surface area contributed by atoms with Gasteiger partial charge in [-0.05, 0) is 13.3 Å². The summed E-state index contributed by atoms with van der Waals surface area (Å²) in [6.07, 6.45) is -16.9. The van der Waals surface area contributed by atoms with E-state index in [0.717, 1.165) is 6.92 Å². The first-order chi connectivity index (χ1) is 11.5. The first-order valence-corrected chi connectivity index (χ1v) is 6.47. The van der Waals surface area contributed by atoms with E-state index < -0.39 is 54.4 Å². The molecule has 1 unspecified atom stereocenters. The second-order valence-corrected chi connectivity index (χ2v) is 5.22. The molecule has 0 aliphatic heterocycles. The molecule has 0 radical (unpaired) electrons. The van der Waals surface area contributed by atoms with Crippen LogP contribution in [-0.4, -0.2) is 48.0 Å². The molecule has 0 spiro atoms. The molecular formula is C11H9F15O. The van der Waals surface area contributed by atoms with Crippen molar-refractivity contribution in [3.63, 3.8) is 0 Å². The monoisotopic (exact) mass is 442 g/mol. The Kier molecular flexibility index (Phi) is 6.48. The first kappa shape index (κ1) is 25.9. The van der Waals surface area contributed by atoms with Crippen LogP contribution in [0.1, 0.15) is 20.3 Å². The molecule has 27 heavy (non-hydrogen) atoms. The van der Waals surface area contributed by atoms with Crippen molar-refractivity contribution in [2.45, 2.75) is 68.3 Å². The summed E-state index contributed by atoms with van der Waals surface area (Å²) in [6, 6.07) is 0. The fraction of sp³-hybridized carbons (Fsp3) is 1.00. The molecule has 0 saturated carbocycles. The molecule has 0 heterocycles. The van der Waals surface area contributed by atoms with E-state index in [1.165, 1.54) is 0 Å². The van der Waals surface area contributed by atoms with Crippen LogP contribution >= 0.6 is 0 Å². The van der Waals surface area contributed by atoms with Gasteiger partial charge in [0.25, 0.3) is 0 Å². The Bertz CT molecular complexity index is 520. The van der Waals surface area contributed by atoms with Gasteiger partial charge in [0.15, 0.2) is 0 Å². The van der Waals surface area contributed by atoms with Crippen LogP contribution < -0.4 is 0 Å². The molecule has 0 aromatic heterocycles. The highest BCUT2D eigenvalue weighted by Gasteiger charge is 2.93. The van der Waals surface area contributed by atoms with Crippen molar-refractivity contribution >= 4 is 0 Å². The molecule has 0 bridgehead atoms. The molecule has 0 aromatic rings. The SMILES string of the molecule is CCC(C)OC(F)(F)C(F)(F)C(F)(F)C(F)(F)C(F)(F)C(F)(F)C(F)(F)F. The second kappa shape index (κ2) is 6.76. The van der Waals surface area contributed by atoms with Gasteiger partial charge in [0.2, 0.25) is 0 Å². The lowest BCUT2D eigenvalue weighted by Crippen LogP contribution is -2.73. The van der Waals surface area contributed by atoms with Crippen molar-refractivity contribution in [2.24, 2.45) is 0 Å². The molecule has 0 aromatic carbocycles. The quantitative estimate of drug-likeness (QED) is 0.411. The first-order valence-electron chi connectivity index (χ1n) is 6.47. The van der Waals surface area contributed by atoms with Gasteiger partial charge in [0.1, 0.15) is 0 Å². The number of hydrogen-bond acceptors (Lipinski definition) is 1. The topological polar surface area (TPSA) is 9.23 Å². The molecule has 1 nitrogen and oxygen atoms in total. The summed E-state index contributed by atoms with van der Waals surface area (Å²) >= 11 is 0. The maximum Gasteiger partial charge on any atom is 0.460 e. The van der Waals surface area contributed by atoms with Crippen LogP contribution in [0.25, 0.3) is 0 Å². The van der Waals surface area contributed by atoms with E-state index in [4.69, 9.17) is 0 Å². The van der Waals surface area contributed by atoms with Crippen molar-refractivity contribution in [2.75, 3.05) is 0 Å². The fourth-order valence-corrected chi connectivity index (χ4v) is 1.36. The number of halogens is 15. The number of alkyl halides is 15. The van der Waals surface area contributed by atoms with Gasteiger partial charge >= 0.3 is 41.9 Å². The Labute approximate surface area is 140 Å². The van der Waals surface area contributed by atoms with Gasteiger partial charge in [0, 0.05) is 0 Å². The van der Waals surface area contributed by atoms with E-state index in [0.29, 0.717) is 6.92 Å². The molecule has 16 heteroatoms. The zero-order valence-electron chi connectivity index (χ0n) is 12.9. The highest BCUT2D eigenvalue weighted by Crippen LogP contribution is 2.62. The Hall–Kier alpha value is -1.09. The van der Waals surface area contributed by atoms with Crippen LogP contribution in [-0.2, 0) is 4.74 Å². The smallest absolute Gasteiger partial charge is 0.312 e. The van der Waals surface area contributed by atoms with Gasteiger partial charge in [-0.15, -0.1) is 0 Å². The Morgan fingerprint density at radius 1 is 0.556 bits per heavy atom. The van der Waals surface area contributed by atoms with E-state index in [2.05, 4.69) is 4.74 Å². The molecule has 0 aliphatic carbocycles. The summed E-state index contributed by atoms with van der Waals surface area (Å²) in [5, 5.41) is 0. The summed E-state index contributed by atoms with van der Waals surface area (Å²) in [6.45, 7) is 1.48. The highest BCUT2D eigenvalue weighted by atomic mass is 19.4. The third-order valence-electron chi connectivity index (χ3n) is 3.22. The van der Waals surface area contributed by atoms with Crippen LogP contribution in [0.2, 0.25) is 0 Å². The average Bonchev–Trinajstić information content (AvgIpc) is 2.44. The lowest BCUT2D eigenvalue weighted by Gasteiger charge is -2.41. The van der Waals surface area contributed by atoms with Crippen LogP contribution in [0.4, 0.5) is 65.9 Å². The van der Waals surface area contributed by atoms with Gasteiger partial charge < -0.3 is 4.74 Å². The summed E-state index contributed by atoms with van der Waals surface area (Å²) in [5.41, 5.74) is 0. The van der Waals surface area contributed by atoms with Gasteiger partial charge in [-0.25, -0.2) is 0 Å². The predicted octanol–water partition coefficient (Wildman–Crippen LogP) is 6.13. The lowest BCUT2D eigenvalue weighted by atomic mass is 9.93. The maximum atomic E-state index is 13.2. The van der Waals surface area contributed by atoms with Gasteiger partial charge in [-0.2, -0.15) is 65.9 Å². The summed E-state index contributed by atoms with van der Waals surface area (Å²) in [7, 11) is 0. The van der Waals surface area contributed by atoms with Crippen molar-refractivity contribution in [1.29, 1.82) is 0 Å². The van der Waals surface area contributed by atoms with E-state index in [9.17, 15) is 65.9 Å². The summed E-state index contributed by atoms with van der Waals surface area (Å²) < 4.78 is 195. The minimum absolute atomic E-state index is 0.534. The zero-order valence-corrected chi connectivity index (χ0v) is 12.9. The molecule has 1 atom stereocenters. The van der Waals surface area contributed by atoms with Crippen LogP contribution in [0.5, 0.6) is 0 Å². The maximum absolute atomic E-state index is 13.2. The third-order valence-corrected chi connectivity index (χ3v) is 3.22. The number of rotatable bonds is 8. The molecule has 0 fully saturated rings. The molecule has 0 saturated heterocycles. The Balaban J connectivity index is 6.39. The predicted molar refractivity (Wildman–Crippen MR) is 56.6 cm³/mol. The normalized spacial score (nSPS) is 17.2. The molecule has 0 aliphatic rings. The lowest BCUT2D eigenvalue weighted by molar-refractivity contribution is -0.475. The molecule has 0 N–H and O–H groups in total. The average molecular weight is 442 g/mol. The molecule has 0 rings (SSSR count). The minimum Gasteiger partial charge on any atom is -0.312 e. The van der Waals surface area contributed by atoms with Crippen LogP contribution in [0.3, 0.4) is 0 Å². The molecule has 0 amide bonds. The van der Waals surface area contributed by atoms with Crippen LogP contribution in [0, 0.1) is 0 Å². The summed E-state index contributed by atoms with van der Waals surface area (Å²) in [4.78, 5) is 0. The molecular weight excluding hydrogens is 433 g/mol. The van der Waals surface area contributed by atoms with Gasteiger partial charge in [-0.3, -0.25) is 0 Å². The highest BCUT2D eigenvalue weighted by molar-refractivity contribution is 5.11. The number of ether oxygens (including phenoxy) is 1. The minimum atomic E-state index is -8.29. The van der Waals surface area contributed by atoms with E-state index in [1.54, 1.807) is 0 Å². The fourth-order valence-electron chi connectivity index (χ4n) is 1.36. The van der Waals surface area contributed by atoms with E-state index in [-0.39, 0.29) is 0 Å². The standard InChI is InChI=1S/C11H9F15O/c1-3-4(2)27-11(25,26)9(20,21)7(16,17)5(12,13)6(14,15)8(18,19)10(22,23)24/h4H,3H2,1-2H3. The van der Waals surface area contributed by atoms with Gasteiger partial charge in [0.05, 0.1) is 6.10 Å². The van der Waals surface area contributed by atoms with Crippen LogP contribution in [0.15, 0.2) is 0 Å². The zero-order chi connectivity index (χ0) is 22.5. The number of hydrogen-bond donors (Lipinski definition) is 0. The van der Waals surface area contributed by atoms with Crippen molar-refractivity contribution in [1.82, 2.24) is 0 Å². The van der Waals surface area contributed by atoms with Crippen molar-refractivity contribution in [3.8, 4) is 0 Å². The second-order valence-electron chi connectivity index (χ2n) is 5.22. The van der Waals surface area contributed by atoms with Crippen molar-refractivity contribution < 1.29 is 70.6 Å². The van der Waals surface area contributed by atoms with E-state index in [1.807, 2.05) is 0 Å². The Morgan fingerprint density at radius 3 is 1.15 bits per heavy atom. The molecule has 164 valence electrons. The summed E-state index contributed by atoms with van der Waals surface area (Å²) in [5.74, 6) is -40.2.